The summed E-state index contributed by atoms with van der Waals surface area (Å²) in [5.41, 5.74) is 0. The largest absolute Gasteiger partial charge is 0.480 e. The van der Waals surface area contributed by atoms with Crippen LogP contribution in [0.5, 0.6) is 0 Å². The fourth-order valence-corrected chi connectivity index (χ4v) is 1.52. The summed E-state index contributed by atoms with van der Waals surface area (Å²) < 4.78 is 4.83. The van der Waals surface area contributed by atoms with Gasteiger partial charge in [0.15, 0.2) is 5.82 Å². The number of nitrogens with one attached hydrogen (secondary N) is 1. The van der Waals surface area contributed by atoms with Gasteiger partial charge in [-0.15, -0.1) is 0 Å². The van der Waals surface area contributed by atoms with Crippen LogP contribution in [0.25, 0.3) is 0 Å². The number of aliphatic carboxylic acids is 1. The van der Waals surface area contributed by atoms with Gasteiger partial charge in [-0.05, 0) is 6.42 Å². The monoisotopic (exact) mass is 241 g/mol. The molecule has 0 amide bonds. The van der Waals surface area contributed by atoms with Crippen molar-refractivity contribution in [1.82, 2.24) is 15.5 Å². The highest BCUT2D eigenvalue weighted by molar-refractivity contribution is 5.73. The van der Waals surface area contributed by atoms with Crippen molar-refractivity contribution in [1.29, 1.82) is 0 Å². The lowest BCUT2D eigenvalue weighted by molar-refractivity contribution is -0.139. The fraction of sp³-hybridized carbons (Fsp3) is 0.727. The molecule has 0 bridgehead atoms. The highest BCUT2D eigenvalue weighted by Gasteiger charge is 2.15. The minimum Gasteiger partial charge on any atom is -0.480 e. The lowest BCUT2D eigenvalue weighted by Crippen LogP contribution is -2.37. The van der Waals surface area contributed by atoms with E-state index in [0.29, 0.717) is 31.1 Å². The second-order valence-electron chi connectivity index (χ2n) is 3.97. The van der Waals surface area contributed by atoms with Crippen molar-refractivity contribution in [2.45, 2.75) is 45.6 Å². The van der Waals surface area contributed by atoms with Crippen molar-refractivity contribution in [3.8, 4) is 0 Å². The van der Waals surface area contributed by atoms with Crippen LogP contribution in [-0.2, 0) is 11.2 Å². The van der Waals surface area contributed by atoms with Gasteiger partial charge >= 0.3 is 5.97 Å². The van der Waals surface area contributed by atoms with Crippen molar-refractivity contribution in [2.24, 2.45) is 0 Å². The van der Waals surface area contributed by atoms with Crippen LogP contribution in [0.1, 0.15) is 37.9 Å². The first kappa shape index (κ1) is 13.6. The first-order chi connectivity index (χ1) is 8.13. The Morgan fingerprint density at radius 1 is 1.59 bits per heavy atom. The Kier molecular flexibility index (Phi) is 5.62. The van der Waals surface area contributed by atoms with E-state index < -0.39 is 12.0 Å². The second-order valence-corrected chi connectivity index (χ2v) is 3.97. The SMILES string of the molecule is CCCCC(NCCc1noc(C)n1)C(=O)O. The van der Waals surface area contributed by atoms with Gasteiger partial charge in [-0.25, -0.2) is 0 Å². The minimum absolute atomic E-state index is 0.483. The highest BCUT2D eigenvalue weighted by Crippen LogP contribution is 2.01. The van der Waals surface area contributed by atoms with Crippen LogP contribution >= 0.6 is 0 Å². The smallest absolute Gasteiger partial charge is 0.320 e. The molecule has 0 aliphatic heterocycles. The van der Waals surface area contributed by atoms with Gasteiger partial charge in [0.2, 0.25) is 5.89 Å². The Bertz CT molecular complexity index is 351. The van der Waals surface area contributed by atoms with E-state index in [0.717, 1.165) is 12.8 Å². The first-order valence-electron chi connectivity index (χ1n) is 5.89. The summed E-state index contributed by atoms with van der Waals surface area (Å²) in [5.74, 6) is 0.332. The molecule has 0 fully saturated rings. The van der Waals surface area contributed by atoms with E-state index in [1.165, 1.54) is 0 Å². The number of unbranched alkanes of at least 4 members (excludes halogenated alkanes) is 1. The third-order valence-electron chi connectivity index (χ3n) is 2.45. The summed E-state index contributed by atoms with van der Waals surface area (Å²) in [6.45, 7) is 4.31. The first-order valence-corrected chi connectivity index (χ1v) is 5.89. The van der Waals surface area contributed by atoms with Crippen LogP contribution in [0, 0.1) is 6.92 Å². The van der Waals surface area contributed by atoms with Gasteiger partial charge in [-0.1, -0.05) is 24.9 Å². The van der Waals surface area contributed by atoms with Crippen molar-refractivity contribution < 1.29 is 14.4 Å². The Morgan fingerprint density at radius 3 is 2.88 bits per heavy atom. The molecule has 6 nitrogen and oxygen atoms in total. The van der Waals surface area contributed by atoms with E-state index in [1.54, 1.807) is 6.92 Å². The van der Waals surface area contributed by atoms with E-state index in [1.807, 2.05) is 6.92 Å². The number of hydrogen-bond acceptors (Lipinski definition) is 5. The molecule has 1 aromatic rings. The number of hydrogen-bond donors (Lipinski definition) is 2. The summed E-state index contributed by atoms with van der Waals surface area (Å²) in [6, 6.07) is -0.483. The third kappa shape index (κ3) is 4.95. The van der Waals surface area contributed by atoms with Gasteiger partial charge in [0.25, 0.3) is 0 Å². The molecule has 2 N–H and O–H groups in total. The predicted octanol–water partition coefficient (Wildman–Crippen LogP) is 1.15. The van der Waals surface area contributed by atoms with E-state index >= 15 is 0 Å². The average Bonchev–Trinajstić information content (AvgIpc) is 2.68. The van der Waals surface area contributed by atoms with Gasteiger partial charge in [0, 0.05) is 19.9 Å². The summed E-state index contributed by atoms with van der Waals surface area (Å²) in [4.78, 5) is 15.0. The van der Waals surface area contributed by atoms with Crippen LogP contribution in [-0.4, -0.2) is 33.8 Å². The summed E-state index contributed by atoms with van der Waals surface area (Å²) in [7, 11) is 0. The van der Waals surface area contributed by atoms with Crippen LogP contribution in [0.4, 0.5) is 0 Å². The molecule has 0 saturated heterocycles. The second kappa shape index (κ2) is 7.01. The van der Waals surface area contributed by atoms with Crippen molar-refractivity contribution in [2.75, 3.05) is 6.54 Å². The van der Waals surface area contributed by atoms with Crippen molar-refractivity contribution >= 4 is 5.97 Å². The van der Waals surface area contributed by atoms with Crippen LogP contribution < -0.4 is 5.32 Å². The summed E-state index contributed by atoms with van der Waals surface area (Å²) in [6.07, 6.45) is 3.13. The molecule has 1 atom stereocenters. The number of rotatable bonds is 8. The third-order valence-corrected chi connectivity index (χ3v) is 2.45. The number of carboxylic acid groups (broad SMARTS) is 1. The molecule has 0 aliphatic rings. The van der Waals surface area contributed by atoms with Crippen molar-refractivity contribution in [3.05, 3.63) is 11.7 Å². The normalized spacial score (nSPS) is 12.6. The predicted molar refractivity (Wildman–Crippen MR) is 61.7 cm³/mol. The number of carboxylic acids is 1. The number of carbonyl (C=O) groups is 1. The molecule has 96 valence electrons. The number of aromatic nitrogens is 2. The molecular weight excluding hydrogens is 222 g/mol. The average molecular weight is 241 g/mol. The molecule has 6 heteroatoms. The molecule has 0 spiro atoms. The van der Waals surface area contributed by atoms with E-state index in [2.05, 4.69) is 15.5 Å². The zero-order chi connectivity index (χ0) is 12.7. The van der Waals surface area contributed by atoms with Gasteiger partial charge in [-0.2, -0.15) is 4.98 Å². The molecule has 1 rings (SSSR count). The Labute approximate surface area is 100 Å². The maximum atomic E-state index is 10.9. The molecule has 0 aromatic carbocycles. The zero-order valence-electron chi connectivity index (χ0n) is 10.3. The topological polar surface area (TPSA) is 88.3 Å². The lowest BCUT2D eigenvalue weighted by Gasteiger charge is -2.12. The lowest BCUT2D eigenvalue weighted by atomic mass is 10.1. The molecule has 17 heavy (non-hydrogen) atoms. The van der Waals surface area contributed by atoms with E-state index in [9.17, 15) is 4.79 Å². The molecule has 0 radical (unpaired) electrons. The quantitative estimate of drug-likeness (QED) is 0.710. The molecule has 1 unspecified atom stereocenters. The summed E-state index contributed by atoms with van der Waals surface area (Å²) >= 11 is 0. The van der Waals surface area contributed by atoms with Crippen LogP contribution in [0.3, 0.4) is 0 Å². The standard InChI is InChI=1S/C11H19N3O3/c1-3-4-5-9(11(15)16)12-7-6-10-13-8(2)17-14-10/h9,12H,3-7H2,1-2H3,(H,15,16). The molecule has 0 saturated carbocycles. The van der Waals surface area contributed by atoms with Gasteiger partial charge in [0.05, 0.1) is 0 Å². The van der Waals surface area contributed by atoms with Crippen molar-refractivity contribution in [3.63, 3.8) is 0 Å². The van der Waals surface area contributed by atoms with E-state index in [-0.39, 0.29) is 0 Å². The maximum absolute atomic E-state index is 10.9. The van der Waals surface area contributed by atoms with Gasteiger partial charge in [0.1, 0.15) is 6.04 Å². The molecule has 1 heterocycles. The Morgan fingerprint density at radius 2 is 2.35 bits per heavy atom. The minimum atomic E-state index is -0.803. The summed E-state index contributed by atoms with van der Waals surface area (Å²) in [5, 5.41) is 15.7. The number of aryl methyl sites for hydroxylation is 1. The van der Waals surface area contributed by atoms with Gasteiger partial charge < -0.3 is 14.9 Å². The van der Waals surface area contributed by atoms with Gasteiger partial charge in [-0.3, -0.25) is 4.79 Å². The highest BCUT2D eigenvalue weighted by atomic mass is 16.5. The molecule has 1 aromatic heterocycles. The molecular formula is C11H19N3O3. The molecule has 0 aliphatic carbocycles. The fourth-order valence-electron chi connectivity index (χ4n) is 1.52. The Balaban J connectivity index is 2.29. The van der Waals surface area contributed by atoms with E-state index in [4.69, 9.17) is 9.63 Å². The maximum Gasteiger partial charge on any atom is 0.320 e. The van der Waals surface area contributed by atoms with Crippen LogP contribution in [0.2, 0.25) is 0 Å². The Hall–Kier alpha value is -1.43. The number of nitrogens with zero attached hydrogens (tertiary/aromatic N) is 2. The van der Waals surface area contributed by atoms with Crippen LogP contribution in [0.15, 0.2) is 4.52 Å². The zero-order valence-corrected chi connectivity index (χ0v) is 10.3.